The maximum atomic E-state index is 14.2. The summed E-state index contributed by atoms with van der Waals surface area (Å²) in [7, 11) is 0. The van der Waals surface area contributed by atoms with Gasteiger partial charge in [-0.1, -0.05) is 0 Å². The Morgan fingerprint density at radius 2 is 1.55 bits per heavy atom. The number of hydrogen-bond donors (Lipinski definition) is 0. The lowest BCUT2D eigenvalue weighted by molar-refractivity contribution is -0.134. The normalized spacial score (nSPS) is 19.2. The van der Waals surface area contributed by atoms with Gasteiger partial charge in [0.05, 0.1) is 16.8 Å². The molecule has 174 valence electrons. The molecule has 0 bridgehead atoms. The molecule has 5 rings (SSSR count). The fourth-order valence-electron chi connectivity index (χ4n) is 4.78. The topological polar surface area (TPSA) is 77.1 Å². The Morgan fingerprint density at radius 1 is 0.909 bits per heavy atom. The zero-order chi connectivity index (χ0) is 23.1. The summed E-state index contributed by atoms with van der Waals surface area (Å²) in [6.45, 7) is 5.75. The molecule has 2 aromatic rings. The zero-order valence-corrected chi connectivity index (χ0v) is 18.8. The van der Waals surface area contributed by atoms with Gasteiger partial charge < -0.3 is 19.6 Å². The summed E-state index contributed by atoms with van der Waals surface area (Å²) in [5, 5.41) is 0.597. The van der Waals surface area contributed by atoms with Gasteiger partial charge in [-0.25, -0.2) is 4.39 Å². The van der Waals surface area contributed by atoms with E-state index in [9.17, 15) is 18.8 Å². The molecule has 33 heavy (non-hydrogen) atoms. The van der Waals surface area contributed by atoms with Crippen LogP contribution in [0.4, 0.5) is 10.1 Å². The molecule has 2 saturated heterocycles. The molecule has 9 heteroatoms. The zero-order valence-electron chi connectivity index (χ0n) is 18.8. The van der Waals surface area contributed by atoms with E-state index in [1.165, 1.54) is 12.1 Å². The number of nitrogens with zero attached hydrogens (tertiary/aromatic N) is 5. The van der Waals surface area contributed by atoms with E-state index < -0.39 is 0 Å². The minimum atomic E-state index is -0.385. The van der Waals surface area contributed by atoms with Crippen LogP contribution < -0.4 is 4.90 Å². The van der Waals surface area contributed by atoms with Gasteiger partial charge in [-0.3, -0.25) is 19.4 Å². The van der Waals surface area contributed by atoms with Crippen LogP contribution in [0, 0.1) is 11.7 Å². The molecular weight excluding hydrogens is 425 g/mol. The van der Waals surface area contributed by atoms with Crippen molar-refractivity contribution >= 4 is 34.3 Å². The number of pyridine rings is 1. The summed E-state index contributed by atoms with van der Waals surface area (Å²) in [4.78, 5) is 49.6. The fourth-order valence-corrected chi connectivity index (χ4v) is 4.78. The average molecular weight is 454 g/mol. The van der Waals surface area contributed by atoms with Gasteiger partial charge in [0.25, 0.3) is 5.91 Å². The Morgan fingerprint density at radius 3 is 2.18 bits per heavy atom. The van der Waals surface area contributed by atoms with Crippen molar-refractivity contribution in [2.24, 2.45) is 5.92 Å². The second kappa shape index (κ2) is 8.61. The summed E-state index contributed by atoms with van der Waals surface area (Å²) in [6.07, 6.45) is 3.52. The molecule has 0 unspecified atom stereocenters. The number of benzene rings is 1. The van der Waals surface area contributed by atoms with E-state index in [2.05, 4.69) is 9.88 Å². The fraction of sp³-hybridized carbons (Fsp3) is 0.500. The summed E-state index contributed by atoms with van der Waals surface area (Å²) in [5.74, 6) is -0.141. The molecule has 0 radical (unpaired) electrons. The number of fused-ring (bicyclic) bond motifs is 1. The Bertz CT molecular complexity index is 1100. The van der Waals surface area contributed by atoms with Crippen molar-refractivity contribution in [3.8, 4) is 0 Å². The lowest BCUT2D eigenvalue weighted by Crippen LogP contribution is -2.51. The molecule has 8 nitrogen and oxygen atoms in total. The summed E-state index contributed by atoms with van der Waals surface area (Å²) >= 11 is 0. The molecule has 3 aliphatic rings. The minimum absolute atomic E-state index is 0.0233. The largest absolute Gasteiger partial charge is 0.367 e. The van der Waals surface area contributed by atoms with Crippen molar-refractivity contribution in [2.75, 3.05) is 57.3 Å². The number of anilines is 1. The third-order valence-electron chi connectivity index (χ3n) is 6.88. The second-order valence-corrected chi connectivity index (χ2v) is 9.07. The van der Waals surface area contributed by atoms with Gasteiger partial charge >= 0.3 is 0 Å². The van der Waals surface area contributed by atoms with Crippen molar-refractivity contribution in [1.29, 1.82) is 0 Å². The maximum Gasteiger partial charge on any atom is 0.257 e. The monoisotopic (exact) mass is 453 g/mol. The van der Waals surface area contributed by atoms with Crippen molar-refractivity contribution < 1.29 is 18.8 Å². The predicted molar refractivity (Wildman–Crippen MR) is 121 cm³/mol. The van der Waals surface area contributed by atoms with Crippen LogP contribution >= 0.6 is 0 Å². The van der Waals surface area contributed by atoms with Crippen molar-refractivity contribution in [1.82, 2.24) is 19.7 Å². The number of carbonyl (C=O) groups excluding carboxylic acids is 3. The Balaban J connectivity index is 1.42. The van der Waals surface area contributed by atoms with Crippen LogP contribution in [0.3, 0.4) is 0 Å². The first-order chi connectivity index (χ1) is 15.9. The van der Waals surface area contributed by atoms with Crippen molar-refractivity contribution in [3.63, 3.8) is 0 Å². The first kappa shape index (κ1) is 21.6. The van der Waals surface area contributed by atoms with Crippen LogP contribution in [-0.4, -0.2) is 89.8 Å². The number of halogens is 1. The van der Waals surface area contributed by atoms with Gasteiger partial charge in [0.2, 0.25) is 11.8 Å². The Kier molecular flexibility index (Phi) is 5.64. The number of rotatable bonds is 3. The van der Waals surface area contributed by atoms with Crippen LogP contribution in [0.25, 0.3) is 10.9 Å². The lowest BCUT2D eigenvalue weighted by Gasteiger charge is -2.38. The van der Waals surface area contributed by atoms with E-state index in [4.69, 9.17) is 0 Å². The number of amides is 3. The van der Waals surface area contributed by atoms with Crippen LogP contribution in [0.5, 0.6) is 0 Å². The van der Waals surface area contributed by atoms with Gasteiger partial charge in [-0.15, -0.1) is 0 Å². The molecule has 0 N–H and O–H groups in total. The third-order valence-corrected chi connectivity index (χ3v) is 6.88. The van der Waals surface area contributed by atoms with E-state index in [1.54, 1.807) is 29.0 Å². The van der Waals surface area contributed by atoms with E-state index in [1.807, 2.05) is 4.90 Å². The lowest BCUT2D eigenvalue weighted by atomic mass is 10.1. The quantitative estimate of drug-likeness (QED) is 0.708. The molecule has 1 aromatic heterocycles. The van der Waals surface area contributed by atoms with Crippen molar-refractivity contribution in [3.05, 3.63) is 35.8 Å². The van der Waals surface area contributed by atoms with Crippen LogP contribution in [0.1, 0.15) is 30.1 Å². The van der Waals surface area contributed by atoms with Crippen LogP contribution in [0.2, 0.25) is 0 Å². The number of hydrogen-bond acceptors (Lipinski definition) is 5. The number of carbonyl (C=O) groups is 3. The SMILES string of the molecule is CC(=O)N1CCN(c2c(C(=O)N3CCN(C(=O)C4CC4)CC3)cnc3ccc(F)cc23)CC1. The predicted octanol–water partition coefficient (Wildman–Crippen LogP) is 1.74. The number of piperazine rings is 2. The number of aromatic nitrogens is 1. The third kappa shape index (κ3) is 4.24. The molecular formula is C24H28FN5O3. The molecule has 3 fully saturated rings. The van der Waals surface area contributed by atoms with Gasteiger partial charge in [-0.05, 0) is 31.0 Å². The van der Waals surface area contributed by atoms with Crippen LogP contribution in [0.15, 0.2) is 24.4 Å². The highest BCUT2D eigenvalue weighted by Gasteiger charge is 2.36. The first-order valence-corrected chi connectivity index (χ1v) is 11.6. The smallest absolute Gasteiger partial charge is 0.257 e. The highest BCUT2D eigenvalue weighted by Crippen LogP contribution is 2.33. The van der Waals surface area contributed by atoms with Crippen LogP contribution in [-0.2, 0) is 9.59 Å². The summed E-state index contributed by atoms with van der Waals surface area (Å²) in [5.41, 5.74) is 1.73. The standard InChI is InChI=1S/C24H28FN5O3/c1-16(31)27-6-8-28(9-7-27)22-19-14-18(25)4-5-21(19)26-15-20(22)24(33)30-12-10-29(11-13-30)23(32)17-2-3-17/h4-5,14-15,17H,2-3,6-13H2,1H3. The second-order valence-electron chi connectivity index (χ2n) is 9.07. The maximum absolute atomic E-state index is 14.2. The summed E-state index contributed by atoms with van der Waals surface area (Å²) in [6, 6.07) is 4.42. The molecule has 1 aromatic carbocycles. The molecule has 3 amide bonds. The Labute approximate surface area is 191 Å². The molecule has 1 saturated carbocycles. The van der Waals surface area contributed by atoms with Gasteiger partial charge in [0, 0.05) is 76.8 Å². The molecule has 0 atom stereocenters. The van der Waals surface area contributed by atoms with E-state index in [-0.39, 0.29) is 29.5 Å². The molecule has 1 aliphatic carbocycles. The van der Waals surface area contributed by atoms with Crippen molar-refractivity contribution in [2.45, 2.75) is 19.8 Å². The van der Waals surface area contributed by atoms with E-state index in [0.717, 1.165) is 12.8 Å². The summed E-state index contributed by atoms with van der Waals surface area (Å²) < 4.78 is 14.2. The van der Waals surface area contributed by atoms with E-state index in [0.29, 0.717) is 74.5 Å². The van der Waals surface area contributed by atoms with E-state index >= 15 is 0 Å². The highest BCUT2D eigenvalue weighted by molar-refractivity contribution is 6.07. The molecule has 3 heterocycles. The molecule has 0 spiro atoms. The highest BCUT2D eigenvalue weighted by atomic mass is 19.1. The average Bonchev–Trinajstić information content (AvgIpc) is 3.68. The molecule has 2 aliphatic heterocycles. The first-order valence-electron chi connectivity index (χ1n) is 11.6. The van der Waals surface area contributed by atoms with Gasteiger partial charge in [0.15, 0.2) is 0 Å². The minimum Gasteiger partial charge on any atom is -0.367 e. The Hall–Kier alpha value is -3.23. The van der Waals surface area contributed by atoms with Gasteiger partial charge in [-0.2, -0.15) is 0 Å². The van der Waals surface area contributed by atoms with Gasteiger partial charge in [0.1, 0.15) is 5.82 Å².